The van der Waals surface area contributed by atoms with Crippen molar-refractivity contribution in [2.24, 2.45) is 5.92 Å². The Kier molecular flexibility index (Phi) is 4.04. The van der Waals surface area contributed by atoms with Gasteiger partial charge in [0.1, 0.15) is 0 Å². The summed E-state index contributed by atoms with van der Waals surface area (Å²) in [6.45, 7) is 8.68. The standard InChI is InChI=1S/C13H26N2/c1-11-9-12(2)15(10-11)8-4-6-13-5-3-7-14-13/h11-14H,3-10H2,1-2H3. The van der Waals surface area contributed by atoms with Gasteiger partial charge < -0.3 is 10.2 Å². The lowest BCUT2D eigenvalue weighted by atomic mass is 10.1. The summed E-state index contributed by atoms with van der Waals surface area (Å²) in [5.74, 6) is 0.921. The Morgan fingerprint density at radius 1 is 1.33 bits per heavy atom. The minimum atomic E-state index is 0.830. The van der Waals surface area contributed by atoms with Gasteiger partial charge in [-0.25, -0.2) is 0 Å². The number of hydrogen-bond donors (Lipinski definition) is 1. The summed E-state index contributed by atoms with van der Waals surface area (Å²) >= 11 is 0. The van der Waals surface area contributed by atoms with Crippen molar-refractivity contribution in [2.45, 2.75) is 58.0 Å². The zero-order valence-corrected chi connectivity index (χ0v) is 10.3. The molecule has 0 amide bonds. The number of nitrogens with zero attached hydrogens (tertiary/aromatic N) is 1. The van der Waals surface area contributed by atoms with Crippen LogP contribution in [0.3, 0.4) is 0 Å². The van der Waals surface area contributed by atoms with Gasteiger partial charge in [-0.1, -0.05) is 6.92 Å². The van der Waals surface area contributed by atoms with E-state index in [1.807, 2.05) is 0 Å². The number of hydrogen-bond acceptors (Lipinski definition) is 2. The molecule has 88 valence electrons. The van der Waals surface area contributed by atoms with Crippen molar-refractivity contribution in [3.05, 3.63) is 0 Å². The first-order valence-corrected chi connectivity index (χ1v) is 6.73. The summed E-state index contributed by atoms with van der Waals surface area (Å²) in [6, 6.07) is 1.66. The molecule has 2 heterocycles. The van der Waals surface area contributed by atoms with E-state index in [0.29, 0.717) is 0 Å². The average molecular weight is 210 g/mol. The fourth-order valence-corrected chi connectivity index (χ4v) is 3.24. The van der Waals surface area contributed by atoms with Gasteiger partial charge >= 0.3 is 0 Å². The molecule has 0 aromatic heterocycles. The van der Waals surface area contributed by atoms with E-state index in [1.54, 1.807) is 0 Å². The Balaban J connectivity index is 1.61. The summed E-state index contributed by atoms with van der Waals surface area (Å²) in [6.07, 6.45) is 6.97. The van der Waals surface area contributed by atoms with Gasteiger partial charge in [0, 0.05) is 18.6 Å². The molecule has 2 nitrogen and oxygen atoms in total. The Labute approximate surface area is 94.4 Å². The van der Waals surface area contributed by atoms with Gasteiger partial charge in [-0.3, -0.25) is 0 Å². The van der Waals surface area contributed by atoms with Gasteiger partial charge in [0.25, 0.3) is 0 Å². The minimum absolute atomic E-state index is 0.830. The monoisotopic (exact) mass is 210 g/mol. The third-order valence-electron chi connectivity index (χ3n) is 4.07. The van der Waals surface area contributed by atoms with Crippen LogP contribution < -0.4 is 5.32 Å². The van der Waals surface area contributed by atoms with Crippen LogP contribution in [0.5, 0.6) is 0 Å². The topological polar surface area (TPSA) is 15.3 Å². The normalized spacial score (nSPS) is 37.6. The van der Waals surface area contributed by atoms with E-state index in [2.05, 4.69) is 24.1 Å². The molecule has 1 N–H and O–H groups in total. The molecule has 3 unspecified atom stereocenters. The van der Waals surface area contributed by atoms with E-state index in [9.17, 15) is 0 Å². The number of nitrogens with one attached hydrogen (secondary N) is 1. The number of likely N-dealkylation sites (tertiary alicyclic amines) is 1. The summed E-state index contributed by atoms with van der Waals surface area (Å²) in [5.41, 5.74) is 0. The van der Waals surface area contributed by atoms with E-state index in [4.69, 9.17) is 0 Å². The molecular formula is C13H26N2. The maximum atomic E-state index is 3.58. The van der Waals surface area contributed by atoms with E-state index in [1.165, 1.54) is 51.7 Å². The van der Waals surface area contributed by atoms with Gasteiger partial charge in [-0.2, -0.15) is 0 Å². The maximum absolute atomic E-state index is 3.58. The highest BCUT2D eigenvalue weighted by atomic mass is 15.2. The molecule has 2 saturated heterocycles. The van der Waals surface area contributed by atoms with Crippen molar-refractivity contribution >= 4 is 0 Å². The average Bonchev–Trinajstić information content (AvgIpc) is 2.77. The van der Waals surface area contributed by atoms with Crippen molar-refractivity contribution in [1.82, 2.24) is 10.2 Å². The smallest absolute Gasteiger partial charge is 0.00700 e. The molecule has 2 fully saturated rings. The quantitative estimate of drug-likeness (QED) is 0.765. The van der Waals surface area contributed by atoms with Gasteiger partial charge in [0.05, 0.1) is 0 Å². The van der Waals surface area contributed by atoms with Crippen LogP contribution in [-0.2, 0) is 0 Å². The lowest BCUT2D eigenvalue weighted by Gasteiger charge is -2.21. The molecule has 2 aliphatic heterocycles. The van der Waals surface area contributed by atoms with Gasteiger partial charge in [0.15, 0.2) is 0 Å². The molecule has 0 aromatic carbocycles. The van der Waals surface area contributed by atoms with Crippen LogP contribution in [0.2, 0.25) is 0 Å². The summed E-state index contributed by atoms with van der Waals surface area (Å²) in [5, 5.41) is 3.58. The van der Waals surface area contributed by atoms with Gasteiger partial charge in [-0.05, 0) is 58.0 Å². The minimum Gasteiger partial charge on any atom is -0.314 e. The molecule has 0 radical (unpaired) electrons. The molecular weight excluding hydrogens is 184 g/mol. The molecule has 0 aromatic rings. The van der Waals surface area contributed by atoms with Crippen molar-refractivity contribution in [3.63, 3.8) is 0 Å². The SMILES string of the molecule is CC1CC(C)N(CCCC2CCCN2)C1. The highest BCUT2D eigenvalue weighted by molar-refractivity contribution is 4.81. The van der Waals surface area contributed by atoms with Crippen LogP contribution in [-0.4, -0.2) is 36.6 Å². The molecule has 3 atom stereocenters. The van der Waals surface area contributed by atoms with E-state index in [0.717, 1.165) is 18.0 Å². The van der Waals surface area contributed by atoms with Crippen LogP contribution in [0.15, 0.2) is 0 Å². The molecule has 2 heteroatoms. The molecule has 2 rings (SSSR count). The Bertz CT molecular complexity index is 187. The lowest BCUT2D eigenvalue weighted by Crippen LogP contribution is -2.30. The molecule has 0 spiro atoms. The first kappa shape index (κ1) is 11.4. The Hall–Kier alpha value is -0.0800. The van der Waals surface area contributed by atoms with Crippen LogP contribution in [0, 0.1) is 5.92 Å². The fraction of sp³-hybridized carbons (Fsp3) is 1.00. The van der Waals surface area contributed by atoms with Crippen molar-refractivity contribution in [2.75, 3.05) is 19.6 Å². The molecule has 0 bridgehead atoms. The molecule has 15 heavy (non-hydrogen) atoms. The molecule has 2 aliphatic rings. The second-order valence-corrected chi connectivity index (χ2v) is 5.62. The van der Waals surface area contributed by atoms with Crippen molar-refractivity contribution < 1.29 is 0 Å². The largest absolute Gasteiger partial charge is 0.314 e. The van der Waals surface area contributed by atoms with Crippen LogP contribution in [0.4, 0.5) is 0 Å². The first-order chi connectivity index (χ1) is 7.25. The molecule has 0 aliphatic carbocycles. The van der Waals surface area contributed by atoms with E-state index in [-0.39, 0.29) is 0 Å². The van der Waals surface area contributed by atoms with Crippen molar-refractivity contribution in [1.29, 1.82) is 0 Å². The Morgan fingerprint density at radius 3 is 2.80 bits per heavy atom. The maximum Gasteiger partial charge on any atom is 0.00700 e. The van der Waals surface area contributed by atoms with E-state index >= 15 is 0 Å². The van der Waals surface area contributed by atoms with Gasteiger partial charge in [0.2, 0.25) is 0 Å². The Morgan fingerprint density at radius 2 is 2.20 bits per heavy atom. The predicted octanol–water partition coefficient (Wildman–Crippen LogP) is 2.25. The molecule has 0 saturated carbocycles. The summed E-state index contributed by atoms with van der Waals surface area (Å²) in [4.78, 5) is 2.68. The zero-order valence-electron chi connectivity index (χ0n) is 10.3. The van der Waals surface area contributed by atoms with Gasteiger partial charge in [-0.15, -0.1) is 0 Å². The summed E-state index contributed by atoms with van der Waals surface area (Å²) < 4.78 is 0. The summed E-state index contributed by atoms with van der Waals surface area (Å²) in [7, 11) is 0. The third kappa shape index (κ3) is 3.18. The highest BCUT2D eigenvalue weighted by Crippen LogP contribution is 2.22. The highest BCUT2D eigenvalue weighted by Gasteiger charge is 2.25. The van der Waals surface area contributed by atoms with E-state index < -0.39 is 0 Å². The van der Waals surface area contributed by atoms with Crippen molar-refractivity contribution in [3.8, 4) is 0 Å². The third-order valence-corrected chi connectivity index (χ3v) is 4.07. The van der Waals surface area contributed by atoms with Crippen LogP contribution >= 0.6 is 0 Å². The second-order valence-electron chi connectivity index (χ2n) is 5.62. The van der Waals surface area contributed by atoms with Crippen LogP contribution in [0.25, 0.3) is 0 Å². The second kappa shape index (κ2) is 5.31. The van der Waals surface area contributed by atoms with Crippen LogP contribution in [0.1, 0.15) is 46.0 Å². The first-order valence-electron chi connectivity index (χ1n) is 6.73. The fourth-order valence-electron chi connectivity index (χ4n) is 3.24. The predicted molar refractivity (Wildman–Crippen MR) is 65.1 cm³/mol. The number of rotatable bonds is 4. The zero-order chi connectivity index (χ0) is 10.7. The lowest BCUT2D eigenvalue weighted by molar-refractivity contribution is 0.255.